The van der Waals surface area contributed by atoms with Gasteiger partial charge in [-0.2, -0.15) is 0 Å². The molecule has 0 saturated carbocycles. The summed E-state index contributed by atoms with van der Waals surface area (Å²) in [6.07, 6.45) is 0.0637. The molecule has 0 amide bonds. The summed E-state index contributed by atoms with van der Waals surface area (Å²) in [5.41, 5.74) is 5.47. The molecule has 0 aromatic carbocycles. The predicted octanol–water partition coefficient (Wildman–Crippen LogP) is 1.02. The van der Waals surface area contributed by atoms with Gasteiger partial charge in [0.1, 0.15) is 0 Å². The second kappa shape index (κ2) is 7.53. The van der Waals surface area contributed by atoms with Crippen molar-refractivity contribution in [1.29, 1.82) is 0 Å². The molecule has 2 N–H and O–H groups in total. The fourth-order valence-corrected chi connectivity index (χ4v) is 0.855. The molecular weight excluding hydrogens is 154 g/mol. The minimum atomic E-state index is 0.0637. The lowest BCUT2D eigenvalue weighted by atomic mass is 10.2. The van der Waals surface area contributed by atoms with E-state index in [1.165, 1.54) is 0 Å². The van der Waals surface area contributed by atoms with E-state index in [1.807, 2.05) is 6.92 Å². The van der Waals surface area contributed by atoms with Crippen LogP contribution in [-0.2, 0) is 9.47 Å². The quantitative estimate of drug-likeness (QED) is 0.628. The van der Waals surface area contributed by atoms with E-state index in [9.17, 15) is 0 Å². The van der Waals surface area contributed by atoms with E-state index >= 15 is 0 Å². The summed E-state index contributed by atoms with van der Waals surface area (Å²) in [5.74, 6) is 0.574. The molecule has 0 aliphatic heterocycles. The molecule has 0 aromatic heterocycles. The Balaban J connectivity index is 3.31. The van der Waals surface area contributed by atoms with Gasteiger partial charge in [0.2, 0.25) is 0 Å². The Bertz CT molecular complexity index is 96.5. The first-order valence-corrected chi connectivity index (χ1v) is 4.60. The number of hydrogen-bond donors (Lipinski definition) is 1. The van der Waals surface area contributed by atoms with Gasteiger partial charge in [-0.3, -0.25) is 0 Å². The van der Waals surface area contributed by atoms with Crippen LogP contribution in [0.4, 0.5) is 0 Å². The molecule has 0 heterocycles. The minimum Gasteiger partial charge on any atom is -0.378 e. The third-order valence-electron chi connectivity index (χ3n) is 1.42. The molecule has 0 bridgehead atoms. The molecule has 0 rings (SSSR count). The molecule has 12 heavy (non-hydrogen) atoms. The lowest BCUT2D eigenvalue weighted by molar-refractivity contribution is -0.0129. The van der Waals surface area contributed by atoms with Crippen LogP contribution < -0.4 is 5.73 Å². The summed E-state index contributed by atoms with van der Waals surface area (Å²) in [5, 5.41) is 0. The van der Waals surface area contributed by atoms with Crippen molar-refractivity contribution in [1.82, 2.24) is 0 Å². The number of ether oxygens (including phenoxy) is 2. The van der Waals surface area contributed by atoms with Crippen molar-refractivity contribution >= 4 is 0 Å². The number of nitrogens with two attached hydrogens (primary N) is 1. The van der Waals surface area contributed by atoms with E-state index in [-0.39, 0.29) is 6.10 Å². The second-order valence-electron chi connectivity index (χ2n) is 3.24. The Kier molecular flexibility index (Phi) is 7.45. The highest BCUT2D eigenvalue weighted by Crippen LogP contribution is 1.96. The zero-order valence-electron chi connectivity index (χ0n) is 8.38. The maximum atomic E-state index is 5.47. The monoisotopic (exact) mass is 175 g/mol. The van der Waals surface area contributed by atoms with E-state index < -0.39 is 0 Å². The summed E-state index contributed by atoms with van der Waals surface area (Å²) in [7, 11) is 0. The van der Waals surface area contributed by atoms with Gasteiger partial charge in [0.25, 0.3) is 0 Å². The Hall–Kier alpha value is -0.120. The lowest BCUT2D eigenvalue weighted by Crippen LogP contribution is -2.29. The van der Waals surface area contributed by atoms with Crippen LogP contribution in [0.1, 0.15) is 20.8 Å². The SMILES string of the molecule is CCOC(CN)COCC(C)C. The normalized spacial score (nSPS) is 13.8. The molecule has 0 spiro atoms. The molecule has 0 fully saturated rings. The highest BCUT2D eigenvalue weighted by Gasteiger charge is 2.05. The first kappa shape index (κ1) is 11.9. The van der Waals surface area contributed by atoms with Gasteiger partial charge in [-0.25, -0.2) is 0 Å². The summed E-state index contributed by atoms with van der Waals surface area (Å²) >= 11 is 0. The standard InChI is InChI=1S/C9H21NO2/c1-4-12-9(5-10)7-11-6-8(2)3/h8-9H,4-7,10H2,1-3H3. The van der Waals surface area contributed by atoms with Crippen LogP contribution in [0.15, 0.2) is 0 Å². The Morgan fingerprint density at radius 2 is 1.92 bits per heavy atom. The van der Waals surface area contributed by atoms with Gasteiger partial charge in [-0.1, -0.05) is 13.8 Å². The fraction of sp³-hybridized carbons (Fsp3) is 1.00. The molecule has 0 aliphatic carbocycles. The van der Waals surface area contributed by atoms with Crippen LogP contribution >= 0.6 is 0 Å². The molecule has 3 heteroatoms. The van der Waals surface area contributed by atoms with E-state index in [2.05, 4.69) is 13.8 Å². The topological polar surface area (TPSA) is 44.5 Å². The van der Waals surface area contributed by atoms with Gasteiger partial charge < -0.3 is 15.2 Å². The van der Waals surface area contributed by atoms with Crippen LogP contribution in [0.3, 0.4) is 0 Å². The van der Waals surface area contributed by atoms with E-state index in [1.54, 1.807) is 0 Å². The largest absolute Gasteiger partial charge is 0.378 e. The molecule has 1 atom stereocenters. The van der Waals surface area contributed by atoms with Gasteiger partial charge in [0, 0.05) is 19.8 Å². The zero-order chi connectivity index (χ0) is 9.40. The highest BCUT2D eigenvalue weighted by molar-refractivity contribution is 4.56. The highest BCUT2D eigenvalue weighted by atomic mass is 16.5. The Morgan fingerprint density at radius 3 is 2.33 bits per heavy atom. The Morgan fingerprint density at radius 1 is 1.25 bits per heavy atom. The molecule has 0 aromatic rings. The predicted molar refractivity (Wildman–Crippen MR) is 50.1 cm³/mol. The molecule has 1 unspecified atom stereocenters. The van der Waals surface area contributed by atoms with Crippen LogP contribution in [0, 0.1) is 5.92 Å². The van der Waals surface area contributed by atoms with Gasteiger partial charge >= 0.3 is 0 Å². The van der Waals surface area contributed by atoms with Crippen molar-refractivity contribution in [2.45, 2.75) is 26.9 Å². The summed E-state index contributed by atoms with van der Waals surface area (Å²) in [4.78, 5) is 0. The molecule has 74 valence electrons. The Labute approximate surface area is 75.2 Å². The summed E-state index contributed by atoms with van der Waals surface area (Å²) in [6.45, 7) is 8.84. The molecular formula is C9H21NO2. The molecule has 0 radical (unpaired) electrons. The van der Waals surface area contributed by atoms with Crippen molar-refractivity contribution in [2.24, 2.45) is 11.7 Å². The van der Waals surface area contributed by atoms with Crippen molar-refractivity contribution in [3.05, 3.63) is 0 Å². The van der Waals surface area contributed by atoms with E-state index in [4.69, 9.17) is 15.2 Å². The first-order chi connectivity index (χ1) is 5.70. The number of rotatable bonds is 7. The third kappa shape index (κ3) is 6.58. The lowest BCUT2D eigenvalue weighted by Gasteiger charge is -2.15. The first-order valence-electron chi connectivity index (χ1n) is 4.60. The van der Waals surface area contributed by atoms with Crippen molar-refractivity contribution in [3.8, 4) is 0 Å². The molecule has 0 aliphatic rings. The molecule has 3 nitrogen and oxygen atoms in total. The average Bonchev–Trinajstić information content (AvgIpc) is 2.02. The van der Waals surface area contributed by atoms with Crippen LogP contribution in [-0.4, -0.2) is 32.5 Å². The van der Waals surface area contributed by atoms with Crippen LogP contribution in [0.2, 0.25) is 0 Å². The fourth-order valence-electron chi connectivity index (χ4n) is 0.855. The minimum absolute atomic E-state index is 0.0637. The third-order valence-corrected chi connectivity index (χ3v) is 1.42. The van der Waals surface area contributed by atoms with Gasteiger partial charge in [0.05, 0.1) is 12.7 Å². The van der Waals surface area contributed by atoms with Crippen LogP contribution in [0.5, 0.6) is 0 Å². The number of hydrogen-bond acceptors (Lipinski definition) is 3. The van der Waals surface area contributed by atoms with Gasteiger partial charge in [0.15, 0.2) is 0 Å². The zero-order valence-corrected chi connectivity index (χ0v) is 8.38. The van der Waals surface area contributed by atoms with Crippen molar-refractivity contribution in [2.75, 3.05) is 26.4 Å². The molecule has 0 saturated heterocycles. The van der Waals surface area contributed by atoms with Gasteiger partial charge in [-0.15, -0.1) is 0 Å². The maximum absolute atomic E-state index is 5.47. The van der Waals surface area contributed by atoms with Crippen molar-refractivity contribution in [3.63, 3.8) is 0 Å². The van der Waals surface area contributed by atoms with E-state index in [0.717, 1.165) is 6.61 Å². The second-order valence-corrected chi connectivity index (χ2v) is 3.24. The van der Waals surface area contributed by atoms with E-state index in [0.29, 0.717) is 25.7 Å². The van der Waals surface area contributed by atoms with Crippen molar-refractivity contribution < 1.29 is 9.47 Å². The average molecular weight is 175 g/mol. The maximum Gasteiger partial charge on any atom is 0.0930 e. The summed E-state index contributed by atoms with van der Waals surface area (Å²) in [6, 6.07) is 0. The van der Waals surface area contributed by atoms with Gasteiger partial charge in [-0.05, 0) is 12.8 Å². The smallest absolute Gasteiger partial charge is 0.0930 e. The summed E-state index contributed by atoms with van der Waals surface area (Å²) < 4.78 is 10.7. The van der Waals surface area contributed by atoms with Crippen LogP contribution in [0.25, 0.3) is 0 Å².